The molecule has 3 rings (SSSR count). The summed E-state index contributed by atoms with van der Waals surface area (Å²) in [5.74, 6) is 0.143. The van der Waals surface area contributed by atoms with E-state index >= 15 is 0 Å². The number of nitrogens with one attached hydrogen (secondary N) is 1. The van der Waals surface area contributed by atoms with E-state index in [1.807, 2.05) is 0 Å². The van der Waals surface area contributed by atoms with Gasteiger partial charge in [-0.25, -0.2) is 0 Å². The molecular formula is C16H12N2O4. The number of hydrogen-bond donors (Lipinski definition) is 1. The van der Waals surface area contributed by atoms with Crippen LogP contribution in [0, 0.1) is 10.1 Å². The van der Waals surface area contributed by atoms with Crippen molar-refractivity contribution < 1.29 is 14.5 Å². The molecule has 0 spiro atoms. The Morgan fingerprint density at radius 2 is 1.91 bits per heavy atom. The molecule has 1 aromatic heterocycles. The van der Waals surface area contributed by atoms with Crippen molar-refractivity contribution in [3.05, 3.63) is 69.9 Å². The monoisotopic (exact) mass is 296 g/mol. The molecule has 0 atom stereocenters. The molecule has 0 aliphatic heterocycles. The first-order chi connectivity index (χ1) is 10.6. The summed E-state index contributed by atoms with van der Waals surface area (Å²) >= 11 is 0. The van der Waals surface area contributed by atoms with Gasteiger partial charge in [0.25, 0.3) is 0 Å². The van der Waals surface area contributed by atoms with Gasteiger partial charge in [-0.1, -0.05) is 30.3 Å². The highest BCUT2D eigenvalue weighted by Gasteiger charge is 2.27. The van der Waals surface area contributed by atoms with Gasteiger partial charge in [-0.05, 0) is 12.1 Å². The summed E-state index contributed by atoms with van der Waals surface area (Å²) < 4.78 is 5.10. The van der Waals surface area contributed by atoms with Gasteiger partial charge in [0.2, 0.25) is 5.78 Å². The molecule has 1 heterocycles. The van der Waals surface area contributed by atoms with Gasteiger partial charge in [-0.2, -0.15) is 0 Å². The number of methoxy groups -OCH3 is 1. The Balaban J connectivity index is 2.22. The second-order valence-electron chi connectivity index (χ2n) is 4.71. The maximum absolute atomic E-state index is 12.5. The molecular weight excluding hydrogens is 284 g/mol. The zero-order valence-corrected chi connectivity index (χ0v) is 11.7. The Bertz CT molecular complexity index is 868. The van der Waals surface area contributed by atoms with Crippen molar-refractivity contribution in [2.45, 2.75) is 0 Å². The van der Waals surface area contributed by atoms with Crippen molar-refractivity contribution in [2.75, 3.05) is 7.11 Å². The first-order valence-electron chi connectivity index (χ1n) is 6.55. The van der Waals surface area contributed by atoms with Crippen LogP contribution < -0.4 is 4.74 Å². The number of ether oxygens (including phenoxy) is 1. The van der Waals surface area contributed by atoms with Crippen LogP contribution in [0.5, 0.6) is 5.75 Å². The zero-order chi connectivity index (χ0) is 15.7. The van der Waals surface area contributed by atoms with Crippen molar-refractivity contribution in [1.82, 2.24) is 4.98 Å². The first kappa shape index (κ1) is 13.8. The number of carbonyl (C=O) groups excluding carboxylic acids is 1. The molecule has 22 heavy (non-hydrogen) atoms. The highest BCUT2D eigenvalue weighted by molar-refractivity contribution is 6.14. The molecule has 0 radical (unpaired) electrons. The van der Waals surface area contributed by atoms with Gasteiger partial charge in [0.05, 0.1) is 22.9 Å². The number of benzene rings is 2. The van der Waals surface area contributed by atoms with E-state index in [0.717, 1.165) is 0 Å². The number of rotatable bonds is 4. The van der Waals surface area contributed by atoms with Crippen LogP contribution in [0.3, 0.4) is 0 Å². The van der Waals surface area contributed by atoms with E-state index in [-0.39, 0.29) is 11.4 Å². The lowest BCUT2D eigenvalue weighted by Gasteiger charge is -1.98. The van der Waals surface area contributed by atoms with Crippen molar-refractivity contribution in [3.8, 4) is 5.75 Å². The number of ketones is 1. The average Bonchev–Trinajstić information content (AvgIpc) is 2.93. The molecule has 0 amide bonds. The largest absolute Gasteiger partial charge is 0.497 e. The summed E-state index contributed by atoms with van der Waals surface area (Å²) in [6.45, 7) is 0. The zero-order valence-electron chi connectivity index (χ0n) is 11.7. The van der Waals surface area contributed by atoms with E-state index in [1.54, 1.807) is 48.5 Å². The Labute approximate surface area is 125 Å². The van der Waals surface area contributed by atoms with E-state index in [1.165, 1.54) is 7.11 Å². The predicted octanol–water partition coefficient (Wildman–Crippen LogP) is 3.32. The third-order valence-electron chi connectivity index (χ3n) is 3.42. The molecule has 0 unspecified atom stereocenters. The molecule has 1 N–H and O–H groups in total. The molecule has 3 aromatic rings. The molecule has 0 fully saturated rings. The highest BCUT2D eigenvalue weighted by atomic mass is 16.6. The fourth-order valence-corrected chi connectivity index (χ4v) is 2.38. The fourth-order valence-electron chi connectivity index (χ4n) is 2.38. The molecule has 6 heteroatoms. The van der Waals surface area contributed by atoms with Crippen LogP contribution in [0.25, 0.3) is 10.9 Å². The lowest BCUT2D eigenvalue weighted by Crippen LogP contribution is -2.04. The lowest BCUT2D eigenvalue weighted by molar-refractivity contribution is -0.383. The Hall–Kier alpha value is -3.15. The number of aromatic amines is 1. The van der Waals surface area contributed by atoms with E-state index in [9.17, 15) is 14.9 Å². The van der Waals surface area contributed by atoms with Crippen molar-refractivity contribution in [2.24, 2.45) is 0 Å². The lowest BCUT2D eigenvalue weighted by atomic mass is 10.1. The van der Waals surface area contributed by atoms with Crippen molar-refractivity contribution in [3.63, 3.8) is 0 Å². The quantitative estimate of drug-likeness (QED) is 0.454. The second kappa shape index (κ2) is 5.33. The minimum Gasteiger partial charge on any atom is -0.497 e. The van der Waals surface area contributed by atoms with Gasteiger partial charge in [0, 0.05) is 11.6 Å². The maximum atomic E-state index is 12.5. The summed E-state index contributed by atoms with van der Waals surface area (Å²) in [5.41, 5.74) is 0.639. The van der Waals surface area contributed by atoms with Crippen LogP contribution in [0.1, 0.15) is 16.1 Å². The molecule has 110 valence electrons. The molecule has 0 saturated heterocycles. The smallest absolute Gasteiger partial charge is 0.305 e. The number of aromatic nitrogens is 1. The average molecular weight is 296 g/mol. The number of fused-ring (bicyclic) bond motifs is 1. The van der Waals surface area contributed by atoms with Gasteiger partial charge in [0.1, 0.15) is 5.75 Å². The number of hydrogen-bond acceptors (Lipinski definition) is 4. The van der Waals surface area contributed by atoms with E-state index < -0.39 is 10.7 Å². The van der Waals surface area contributed by atoms with Crippen LogP contribution >= 0.6 is 0 Å². The topological polar surface area (TPSA) is 85.2 Å². The van der Waals surface area contributed by atoms with Crippen LogP contribution in [-0.2, 0) is 0 Å². The van der Waals surface area contributed by atoms with Crippen molar-refractivity contribution in [1.29, 1.82) is 0 Å². The first-order valence-corrected chi connectivity index (χ1v) is 6.55. The Morgan fingerprint density at radius 3 is 2.55 bits per heavy atom. The highest BCUT2D eigenvalue weighted by Crippen LogP contribution is 2.33. The molecule has 2 aromatic carbocycles. The minimum atomic E-state index is -0.540. The van der Waals surface area contributed by atoms with Crippen LogP contribution in [0.4, 0.5) is 5.69 Å². The number of nitrogens with zero attached hydrogens (tertiary/aromatic N) is 1. The Morgan fingerprint density at radius 1 is 1.18 bits per heavy atom. The molecule has 0 aliphatic carbocycles. The third kappa shape index (κ3) is 2.20. The summed E-state index contributed by atoms with van der Waals surface area (Å²) in [6, 6.07) is 13.3. The number of nitro groups is 1. The summed E-state index contributed by atoms with van der Waals surface area (Å²) in [5, 5.41) is 11.8. The SMILES string of the molecule is COc1ccc2c([N+](=O)[O-])c(C(=O)c3ccccc3)[nH]c2c1. The number of H-pyrrole nitrogens is 1. The van der Waals surface area contributed by atoms with Crippen molar-refractivity contribution >= 4 is 22.4 Å². The van der Waals surface area contributed by atoms with E-state index in [4.69, 9.17) is 4.74 Å². The van der Waals surface area contributed by atoms with Gasteiger partial charge in [0.15, 0.2) is 5.69 Å². The standard InChI is InChI=1S/C16H12N2O4/c1-22-11-7-8-12-13(9-11)17-14(15(12)18(20)21)16(19)10-5-3-2-4-6-10/h2-9,17H,1H3. The van der Waals surface area contributed by atoms with Gasteiger partial charge < -0.3 is 9.72 Å². The van der Waals surface area contributed by atoms with Gasteiger partial charge >= 0.3 is 5.69 Å². The van der Waals surface area contributed by atoms with E-state index in [2.05, 4.69) is 4.98 Å². The molecule has 0 saturated carbocycles. The molecule has 0 aliphatic rings. The number of carbonyl (C=O) groups is 1. The maximum Gasteiger partial charge on any atom is 0.305 e. The third-order valence-corrected chi connectivity index (χ3v) is 3.42. The van der Waals surface area contributed by atoms with E-state index in [0.29, 0.717) is 22.2 Å². The summed E-state index contributed by atoms with van der Waals surface area (Å²) in [6.07, 6.45) is 0. The van der Waals surface area contributed by atoms with Crippen LogP contribution in [0.2, 0.25) is 0 Å². The predicted molar refractivity (Wildman–Crippen MR) is 81.4 cm³/mol. The molecule has 6 nitrogen and oxygen atoms in total. The summed E-state index contributed by atoms with van der Waals surface area (Å²) in [4.78, 5) is 26.2. The van der Waals surface area contributed by atoms with Crippen LogP contribution in [-0.4, -0.2) is 22.8 Å². The molecule has 0 bridgehead atoms. The second-order valence-corrected chi connectivity index (χ2v) is 4.71. The summed E-state index contributed by atoms with van der Waals surface area (Å²) in [7, 11) is 1.51. The van der Waals surface area contributed by atoms with Gasteiger partial charge in [-0.15, -0.1) is 0 Å². The minimum absolute atomic E-state index is 0.0283. The van der Waals surface area contributed by atoms with Gasteiger partial charge in [-0.3, -0.25) is 14.9 Å². The fraction of sp³-hybridized carbons (Fsp3) is 0.0625. The normalized spacial score (nSPS) is 10.6. The van der Waals surface area contributed by atoms with Crippen LogP contribution in [0.15, 0.2) is 48.5 Å². The Kier molecular flexibility index (Phi) is 3.34.